The third-order valence-corrected chi connectivity index (χ3v) is 5.50. The number of carbonyl (C=O) groups is 2. The number of fused-ring (bicyclic) bond motifs is 1. The van der Waals surface area contributed by atoms with Crippen LogP contribution in [0.1, 0.15) is 81.3 Å². The van der Waals surface area contributed by atoms with Crippen LogP contribution in [0.2, 0.25) is 0 Å². The topological polar surface area (TPSA) is 94.1 Å². The zero-order valence-electron chi connectivity index (χ0n) is 21.6. The van der Waals surface area contributed by atoms with Gasteiger partial charge in [-0.3, -0.25) is 9.59 Å². The maximum Gasteiger partial charge on any atom is 0.507 e. The Labute approximate surface area is 219 Å². The van der Waals surface area contributed by atoms with Crippen LogP contribution in [0.25, 0.3) is 0 Å². The lowest BCUT2D eigenvalue weighted by Crippen LogP contribution is -2.52. The van der Waals surface area contributed by atoms with Gasteiger partial charge in [-0.25, -0.2) is 0 Å². The summed E-state index contributed by atoms with van der Waals surface area (Å²) in [5.41, 5.74) is 1.04. The van der Waals surface area contributed by atoms with Crippen LogP contribution in [-0.4, -0.2) is 35.7 Å². The van der Waals surface area contributed by atoms with E-state index in [9.17, 15) is 27.2 Å². The van der Waals surface area contributed by atoms with Crippen molar-refractivity contribution in [1.82, 2.24) is 5.32 Å². The van der Waals surface area contributed by atoms with Crippen molar-refractivity contribution >= 4 is 11.9 Å². The molecule has 3 rings (SSSR count). The molecule has 0 spiro atoms. The Bertz CT molecular complexity index is 1060. The second-order valence-corrected chi connectivity index (χ2v) is 8.32. The average Bonchev–Trinajstić information content (AvgIpc) is 2.87. The van der Waals surface area contributed by atoms with E-state index in [2.05, 4.69) is 21.7 Å². The zero-order chi connectivity index (χ0) is 28.3. The lowest BCUT2D eigenvalue weighted by Gasteiger charge is -2.32. The minimum Gasteiger partial charge on any atom is -0.486 e. The molecule has 0 saturated carbocycles. The summed E-state index contributed by atoms with van der Waals surface area (Å²) >= 11 is 0. The van der Waals surface area contributed by atoms with E-state index in [0.717, 1.165) is 37.8 Å². The van der Waals surface area contributed by atoms with Gasteiger partial charge in [0.1, 0.15) is 11.9 Å². The molecular weight excluding hydrogens is 510 g/mol. The summed E-state index contributed by atoms with van der Waals surface area (Å²) in [6.07, 6.45) is -5.97. The number of hydrogen-bond donors (Lipinski definition) is 2. The third-order valence-electron chi connectivity index (χ3n) is 5.50. The first-order valence-corrected chi connectivity index (χ1v) is 12.6. The van der Waals surface area contributed by atoms with Gasteiger partial charge in [0, 0.05) is 18.2 Å². The minimum atomic E-state index is -4.83. The van der Waals surface area contributed by atoms with Gasteiger partial charge >= 0.3 is 18.2 Å². The second kappa shape index (κ2) is 13.9. The van der Waals surface area contributed by atoms with E-state index in [-0.39, 0.29) is 18.7 Å². The molecule has 7 nitrogen and oxygen atoms in total. The fourth-order valence-corrected chi connectivity index (χ4v) is 3.57. The highest BCUT2D eigenvalue weighted by Crippen LogP contribution is 2.48. The van der Waals surface area contributed by atoms with Crippen LogP contribution in [-0.2, 0) is 4.79 Å². The quantitative estimate of drug-likeness (QED) is 0.222. The number of ether oxygens (including phenoxy) is 3. The van der Waals surface area contributed by atoms with Gasteiger partial charge in [0.05, 0.1) is 6.42 Å². The molecule has 0 aliphatic carbocycles. The van der Waals surface area contributed by atoms with Crippen molar-refractivity contribution in [2.45, 2.75) is 77.6 Å². The smallest absolute Gasteiger partial charge is 0.486 e. The van der Waals surface area contributed by atoms with Crippen LogP contribution in [0.5, 0.6) is 17.2 Å². The van der Waals surface area contributed by atoms with Crippen LogP contribution in [0, 0.1) is 0 Å². The van der Waals surface area contributed by atoms with Crippen molar-refractivity contribution in [1.29, 1.82) is 0 Å². The summed E-state index contributed by atoms with van der Waals surface area (Å²) in [4.78, 5) is 22.8. The SMILES string of the molecule is CC.CCCCCCC(Oc1ccc2c(c1)OC(F)(F)C(F)(F)O2)c1ccc(C(=O)NCCC(=O)O)cc1. The molecule has 11 heteroatoms. The van der Waals surface area contributed by atoms with Crippen molar-refractivity contribution in [3.05, 3.63) is 53.6 Å². The molecular formula is C27H33F4NO6. The van der Waals surface area contributed by atoms with E-state index in [1.165, 1.54) is 6.07 Å². The minimum absolute atomic E-state index is 0.00578. The molecule has 1 unspecified atom stereocenters. The van der Waals surface area contributed by atoms with E-state index < -0.39 is 41.7 Å². The Morgan fingerprint density at radius 3 is 2.18 bits per heavy atom. The standard InChI is InChI=1S/C25H27F4NO6.C2H6/c1-2-3-4-5-6-19(16-7-9-17(10-8-16)23(33)30-14-13-22(31)32)34-18-11-12-20-21(15-18)36-25(28,29)24(26,27)35-20;1-2/h7-12,15,19H,2-6,13-14H2,1H3,(H,30,33)(H,31,32);1-2H3. The number of carboxylic acids is 1. The van der Waals surface area contributed by atoms with Crippen LogP contribution < -0.4 is 19.5 Å². The van der Waals surface area contributed by atoms with E-state index >= 15 is 0 Å². The average molecular weight is 544 g/mol. The molecule has 1 amide bonds. The molecule has 1 aliphatic heterocycles. The predicted molar refractivity (Wildman–Crippen MR) is 132 cm³/mol. The largest absolute Gasteiger partial charge is 0.507 e. The first kappa shape index (κ1) is 30.7. The number of carboxylic acid groups (broad SMARTS) is 1. The molecule has 1 atom stereocenters. The number of nitrogens with one attached hydrogen (secondary N) is 1. The van der Waals surface area contributed by atoms with Gasteiger partial charge < -0.3 is 24.6 Å². The number of halogens is 4. The Morgan fingerprint density at radius 1 is 0.947 bits per heavy atom. The molecule has 1 aliphatic rings. The zero-order valence-corrected chi connectivity index (χ0v) is 21.6. The maximum absolute atomic E-state index is 13.6. The first-order valence-electron chi connectivity index (χ1n) is 12.6. The van der Waals surface area contributed by atoms with Crippen molar-refractivity contribution in [2.24, 2.45) is 0 Å². The normalized spacial score (nSPS) is 15.4. The van der Waals surface area contributed by atoms with Crippen LogP contribution >= 0.6 is 0 Å². The summed E-state index contributed by atoms with van der Waals surface area (Å²) in [6, 6.07) is 9.98. The number of rotatable bonds is 12. The lowest BCUT2D eigenvalue weighted by atomic mass is 10.0. The van der Waals surface area contributed by atoms with Crippen molar-refractivity contribution in [2.75, 3.05) is 6.54 Å². The van der Waals surface area contributed by atoms with Gasteiger partial charge in [-0.15, -0.1) is 0 Å². The number of unbranched alkanes of at least 4 members (excludes halogenated alkanes) is 3. The Balaban J connectivity index is 0.00000247. The highest BCUT2D eigenvalue weighted by atomic mass is 19.3. The molecule has 210 valence electrons. The van der Waals surface area contributed by atoms with Gasteiger partial charge in [0.25, 0.3) is 5.91 Å². The molecule has 1 heterocycles. The van der Waals surface area contributed by atoms with Crippen LogP contribution in [0.4, 0.5) is 17.6 Å². The Hall–Kier alpha value is -3.50. The van der Waals surface area contributed by atoms with E-state index in [1.807, 2.05) is 13.8 Å². The number of aliphatic carboxylic acids is 1. The molecule has 0 radical (unpaired) electrons. The summed E-state index contributed by atoms with van der Waals surface area (Å²) in [5, 5.41) is 11.2. The molecule has 0 fully saturated rings. The highest BCUT2D eigenvalue weighted by molar-refractivity contribution is 5.94. The van der Waals surface area contributed by atoms with E-state index in [4.69, 9.17) is 9.84 Å². The number of hydrogen-bond acceptors (Lipinski definition) is 5. The van der Waals surface area contributed by atoms with Crippen molar-refractivity contribution < 1.29 is 46.5 Å². The van der Waals surface area contributed by atoms with Gasteiger partial charge in [-0.2, -0.15) is 17.6 Å². The fraction of sp³-hybridized carbons (Fsp3) is 0.481. The summed E-state index contributed by atoms with van der Waals surface area (Å²) in [5.74, 6) is -2.43. The summed E-state index contributed by atoms with van der Waals surface area (Å²) in [6.45, 7) is 6.07. The molecule has 2 aromatic carbocycles. The van der Waals surface area contributed by atoms with Gasteiger partial charge in [0.15, 0.2) is 11.5 Å². The second-order valence-electron chi connectivity index (χ2n) is 8.32. The van der Waals surface area contributed by atoms with Crippen LogP contribution in [0.15, 0.2) is 42.5 Å². The Kier molecular flexibility index (Phi) is 11.2. The van der Waals surface area contributed by atoms with E-state index in [1.54, 1.807) is 24.3 Å². The van der Waals surface area contributed by atoms with Gasteiger partial charge in [0.2, 0.25) is 0 Å². The number of benzene rings is 2. The molecule has 2 N–H and O–H groups in total. The van der Waals surface area contributed by atoms with Crippen molar-refractivity contribution in [3.63, 3.8) is 0 Å². The fourth-order valence-electron chi connectivity index (χ4n) is 3.57. The number of alkyl halides is 4. The molecule has 0 saturated heterocycles. The van der Waals surface area contributed by atoms with Gasteiger partial charge in [-0.05, 0) is 42.7 Å². The number of carbonyl (C=O) groups excluding carboxylic acids is 1. The van der Waals surface area contributed by atoms with Crippen LogP contribution in [0.3, 0.4) is 0 Å². The first-order chi connectivity index (χ1) is 18.0. The lowest BCUT2D eigenvalue weighted by molar-refractivity contribution is -0.391. The molecule has 2 aromatic rings. The van der Waals surface area contributed by atoms with E-state index in [0.29, 0.717) is 17.5 Å². The Morgan fingerprint density at radius 2 is 1.58 bits per heavy atom. The highest BCUT2D eigenvalue weighted by Gasteiger charge is 2.66. The third kappa shape index (κ3) is 8.26. The summed E-state index contributed by atoms with van der Waals surface area (Å²) < 4.78 is 68.3. The summed E-state index contributed by atoms with van der Waals surface area (Å²) in [7, 11) is 0. The maximum atomic E-state index is 13.6. The van der Waals surface area contributed by atoms with Gasteiger partial charge in [-0.1, -0.05) is 52.2 Å². The molecule has 0 aromatic heterocycles. The molecule has 38 heavy (non-hydrogen) atoms. The predicted octanol–water partition coefficient (Wildman–Crippen LogP) is 6.96. The van der Waals surface area contributed by atoms with Crippen molar-refractivity contribution in [3.8, 4) is 17.2 Å². The monoisotopic (exact) mass is 543 g/mol. The molecule has 0 bridgehead atoms. The number of amides is 1.